The van der Waals surface area contributed by atoms with Gasteiger partial charge in [0.2, 0.25) is 0 Å². The van der Waals surface area contributed by atoms with E-state index in [1.54, 1.807) is 6.92 Å². The lowest BCUT2D eigenvalue weighted by Crippen LogP contribution is -2.25. The average molecular weight is 297 g/mol. The Morgan fingerprint density at radius 3 is 2.25 bits per heavy atom. The number of ether oxygens (including phenoxy) is 1. The molecule has 114 valence electrons. The van der Waals surface area contributed by atoms with Crippen LogP contribution in [0.25, 0.3) is 0 Å². The summed E-state index contributed by atoms with van der Waals surface area (Å²) < 4.78 is 68.6. The second-order valence-electron chi connectivity index (χ2n) is 4.15. The lowest BCUT2D eigenvalue weighted by molar-refractivity contribution is 0.0142. The fourth-order valence-corrected chi connectivity index (χ4v) is 1.85. The molecule has 0 saturated carbocycles. The average Bonchev–Trinajstić information content (AvgIpc) is 2.32. The van der Waals surface area contributed by atoms with Crippen LogP contribution in [-0.4, -0.2) is 26.2 Å². The minimum Gasteiger partial charge on any atom is -0.375 e. The van der Waals surface area contributed by atoms with Gasteiger partial charge >= 0.3 is 0 Å². The summed E-state index contributed by atoms with van der Waals surface area (Å²) in [6.07, 6.45) is -2.49. The Balaban J connectivity index is 2.75. The summed E-state index contributed by atoms with van der Waals surface area (Å²) in [5.74, 6) is -3.03. The highest BCUT2D eigenvalue weighted by Crippen LogP contribution is 2.24. The van der Waals surface area contributed by atoms with Gasteiger partial charge in [0.25, 0.3) is 6.43 Å². The molecule has 0 bridgehead atoms. The van der Waals surface area contributed by atoms with Crippen LogP contribution in [-0.2, 0) is 4.74 Å². The zero-order valence-electron chi connectivity index (χ0n) is 10.9. The van der Waals surface area contributed by atoms with Crippen LogP contribution in [0.1, 0.15) is 24.9 Å². The molecule has 0 spiro atoms. The molecule has 2 nitrogen and oxygen atoms in total. The molecule has 0 aliphatic rings. The Morgan fingerprint density at radius 1 is 1.15 bits per heavy atom. The van der Waals surface area contributed by atoms with Gasteiger partial charge in [0.05, 0.1) is 0 Å². The molecule has 0 amide bonds. The number of nitrogens with one attached hydrogen (secondary N) is 1. The molecular formula is C13H16F5NO. The predicted molar refractivity (Wildman–Crippen MR) is 64.2 cm³/mol. The van der Waals surface area contributed by atoms with Crippen LogP contribution in [0.5, 0.6) is 0 Å². The molecule has 0 heterocycles. The molecule has 0 fully saturated rings. The molecule has 1 unspecified atom stereocenters. The van der Waals surface area contributed by atoms with E-state index in [0.717, 1.165) is 0 Å². The van der Waals surface area contributed by atoms with Crippen LogP contribution in [0, 0.1) is 17.5 Å². The zero-order chi connectivity index (χ0) is 15.1. The van der Waals surface area contributed by atoms with E-state index < -0.39 is 36.5 Å². The lowest BCUT2D eigenvalue weighted by atomic mass is 10.0. The van der Waals surface area contributed by atoms with Crippen molar-refractivity contribution in [1.82, 2.24) is 5.32 Å². The fraction of sp³-hybridized carbons (Fsp3) is 0.538. The van der Waals surface area contributed by atoms with Gasteiger partial charge in [-0.25, -0.2) is 22.0 Å². The van der Waals surface area contributed by atoms with Gasteiger partial charge in [-0.1, -0.05) is 6.92 Å². The van der Waals surface area contributed by atoms with Crippen molar-refractivity contribution in [3.8, 4) is 0 Å². The third kappa shape index (κ3) is 5.05. The maximum absolute atomic E-state index is 13.6. The number of hydrogen-bond donors (Lipinski definition) is 1. The fourth-order valence-electron chi connectivity index (χ4n) is 1.85. The number of hydrogen-bond acceptors (Lipinski definition) is 2. The zero-order valence-corrected chi connectivity index (χ0v) is 10.9. The van der Waals surface area contributed by atoms with E-state index >= 15 is 0 Å². The molecule has 0 radical (unpaired) electrons. The van der Waals surface area contributed by atoms with Gasteiger partial charge in [-0.05, 0) is 13.0 Å². The normalized spacial score (nSPS) is 12.9. The second kappa shape index (κ2) is 8.16. The highest BCUT2D eigenvalue weighted by atomic mass is 19.3. The quantitative estimate of drug-likeness (QED) is 0.586. The first-order valence-electron chi connectivity index (χ1n) is 6.19. The van der Waals surface area contributed by atoms with E-state index in [-0.39, 0.29) is 18.6 Å². The van der Waals surface area contributed by atoms with Crippen molar-refractivity contribution in [3.05, 3.63) is 35.1 Å². The maximum atomic E-state index is 13.6. The van der Waals surface area contributed by atoms with Gasteiger partial charge in [-0.3, -0.25) is 0 Å². The van der Waals surface area contributed by atoms with Crippen molar-refractivity contribution in [2.24, 2.45) is 0 Å². The first-order chi connectivity index (χ1) is 9.45. The van der Waals surface area contributed by atoms with E-state index in [0.29, 0.717) is 18.7 Å². The van der Waals surface area contributed by atoms with Crippen LogP contribution in [0.4, 0.5) is 22.0 Å². The summed E-state index contributed by atoms with van der Waals surface area (Å²) in [5, 5.41) is 2.82. The van der Waals surface area contributed by atoms with E-state index in [2.05, 4.69) is 10.1 Å². The van der Waals surface area contributed by atoms with Gasteiger partial charge in [0, 0.05) is 30.3 Å². The molecule has 1 aromatic rings. The third-order valence-corrected chi connectivity index (χ3v) is 2.64. The van der Waals surface area contributed by atoms with Crippen LogP contribution in [0.15, 0.2) is 12.1 Å². The summed E-state index contributed by atoms with van der Waals surface area (Å²) in [4.78, 5) is 0. The number of alkyl halides is 2. The van der Waals surface area contributed by atoms with E-state index in [1.807, 2.05) is 0 Å². The summed E-state index contributed by atoms with van der Waals surface area (Å²) in [6, 6.07) is 0.407. The van der Waals surface area contributed by atoms with Gasteiger partial charge in [0.1, 0.15) is 24.1 Å². The Morgan fingerprint density at radius 2 is 1.75 bits per heavy atom. The standard InChI is InChI=1S/C13H16F5NO/c1-2-19-11(3-4-20-7-12(17)18)13-9(15)5-8(14)6-10(13)16/h5-6,11-12,19H,2-4,7H2,1H3. The van der Waals surface area contributed by atoms with Crippen molar-refractivity contribution in [3.63, 3.8) is 0 Å². The van der Waals surface area contributed by atoms with Crippen molar-refractivity contribution in [2.45, 2.75) is 25.8 Å². The first-order valence-corrected chi connectivity index (χ1v) is 6.19. The second-order valence-corrected chi connectivity index (χ2v) is 4.15. The van der Waals surface area contributed by atoms with Gasteiger partial charge in [-0.2, -0.15) is 0 Å². The Labute approximate surface area is 113 Å². The minimum absolute atomic E-state index is 0.0851. The molecule has 1 aromatic carbocycles. The molecule has 1 N–H and O–H groups in total. The van der Waals surface area contributed by atoms with Crippen LogP contribution in [0.3, 0.4) is 0 Å². The molecule has 0 saturated heterocycles. The van der Waals surface area contributed by atoms with E-state index in [1.165, 1.54) is 0 Å². The molecule has 1 rings (SSSR count). The summed E-state index contributed by atoms with van der Waals surface area (Å²) in [7, 11) is 0. The van der Waals surface area contributed by atoms with Crippen molar-refractivity contribution in [2.75, 3.05) is 19.8 Å². The molecule has 20 heavy (non-hydrogen) atoms. The molecular weight excluding hydrogens is 281 g/mol. The SMILES string of the molecule is CCNC(CCOCC(F)F)c1c(F)cc(F)cc1F. The van der Waals surface area contributed by atoms with E-state index in [9.17, 15) is 22.0 Å². The Kier molecular flexibility index (Phi) is 6.87. The Bertz CT molecular complexity index is 404. The van der Waals surface area contributed by atoms with E-state index in [4.69, 9.17) is 0 Å². The maximum Gasteiger partial charge on any atom is 0.261 e. The topological polar surface area (TPSA) is 21.3 Å². The van der Waals surface area contributed by atoms with Gasteiger partial charge in [0.15, 0.2) is 0 Å². The van der Waals surface area contributed by atoms with Crippen molar-refractivity contribution < 1.29 is 26.7 Å². The Hall–Kier alpha value is -1.21. The largest absolute Gasteiger partial charge is 0.375 e. The number of benzene rings is 1. The van der Waals surface area contributed by atoms with Gasteiger partial charge < -0.3 is 10.1 Å². The molecule has 0 aliphatic carbocycles. The smallest absolute Gasteiger partial charge is 0.261 e. The number of halogens is 5. The monoisotopic (exact) mass is 297 g/mol. The molecule has 0 aromatic heterocycles. The van der Waals surface area contributed by atoms with Gasteiger partial charge in [-0.15, -0.1) is 0 Å². The lowest BCUT2D eigenvalue weighted by Gasteiger charge is -2.19. The van der Waals surface area contributed by atoms with Crippen LogP contribution < -0.4 is 5.32 Å². The molecule has 7 heteroatoms. The van der Waals surface area contributed by atoms with Crippen molar-refractivity contribution in [1.29, 1.82) is 0 Å². The third-order valence-electron chi connectivity index (χ3n) is 2.64. The number of rotatable bonds is 8. The summed E-state index contributed by atoms with van der Waals surface area (Å²) in [6.45, 7) is 1.33. The first kappa shape index (κ1) is 16.8. The highest BCUT2D eigenvalue weighted by Gasteiger charge is 2.20. The van der Waals surface area contributed by atoms with Crippen molar-refractivity contribution >= 4 is 0 Å². The predicted octanol–water partition coefficient (Wildman–Crippen LogP) is 3.43. The van der Waals surface area contributed by atoms with Crippen LogP contribution in [0.2, 0.25) is 0 Å². The highest BCUT2D eigenvalue weighted by molar-refractivity contribution is 5.24. The molecule has 1 atom stereocenters. The molecule has 0 aliphatic heterocycles. The summed E-state index contributed by atoms with van der Waals surface area (Å²) >= 11 is 0. The van der Waals surface area contributed by atoms with Crippen LogP contribution >= 0.6 is 0 Å². The minimum atomic E-state index is -2.59. The summed E-state index contributed by atoms with van der Waals surface area (Å²) in [5.41, 5.74) is -0.311.